The quantitative estimate of drug-likeness (QED) is 0.629. The fourth-order valence-corrected chi connectivity index (χ4v) is 3.99. The number of carbonyl (C=O) groups is 2. The average molecular weight is 415 g/mol. The molecule has 0 radical (unpaired) electrons. The van der Waals surface area contributed by atoms with Crippen molar-refractivity contribution >= 4 is 17.5 Å². The van der Waals surface area contributed by atoms with E-state index in [-0.39, 0.29) is 6.04 Å². The minimum absolute atomic E-state index is 0.0715. The Morgan fingerprint density at radius 1 is 1.03 bits per heavy atom. The third-order valence-corrected chi connectivity index (χ3v) is 5.61. The first-order chi connectivity index (χ1) is 15.1. The van der Waals surface area contributed by atoms with Crippen LogP contribution < -0.4 is 10.6 Å². The van der Waals surface area contributed by atoms with Gasteiger partial charge in [-0.1, -0.05) is 42.5 Å². The number of fused-ring (bicyclic) bond motifs is 1. The van der Waals surface area contributed by atoms with Crippen LogP contribution in [0.1, 0.15) is 28.3 Å². The van der Waals surface area contributed by atoms with Gasteiger partial charge in [-0.15, -0.1) is 0 Å². The molecule has 158 valence electrons. The van der Waals surface area contributed by atoms with E-state index in [2.05, 4.69) is 44.8 Å². The summed E-state index contributed by atoms with van der Waals surface area (Å²) < 4.78 is 0. The van der Waals surface area contributed by atoms with Crippen molar-refractivity contribution in [1.82, 2.24) is 15.2 Å². The number of amides is 2. The molecule has 1 aromatic heterocycles. The lowest BCUT2D eigenvalue weighted by atomic mass is 9.97. The summed E-state index contributed by atoms with van der Waals surface area (Å²) in [6.45, 7) is 3.93. The summed E-state index contributed by atoms with van der Waals surface area (Å²) in [4.78, 5) is 31.4. The number of anilines is 1. The molecule has 2 aromatic carbocycles. The molecule has 0 aliphatic carbocycles. The number of benzene rings is 2. The normalized spacial score (nSPS) is 14.4. The molecular formula is C25H26N4O2. The maximum atomic E-state index is 12.5. The molecule has 0 unspecified atom stereocenters. The highest BCUT2D eigenvalue weighted by Gasteiger charge is 2.26. The van der Waals surface area contributed by atoms with Crippen molar-refractivity contribution in [2.75, 3.05) is 18.4 Å². The fraction of sp³-hybridized carbons (Fsp3) is 0.240. The van der Waals surface area contributed by atoms with Gasteiger partial charge >= 0.3 is 11.8 Å². The number of rotatable bonds is 5. The van der Waals surface area contributed by atoms with Gasteiger partial charge in [-0.25, -0.2) is 0 Å². The Labute approximate surface area is 182 Å². The van der Waals surface area contributed by atoms with E-state index >= 15 is 0 Å². The van der Waals surface area contributed by atoms with Crippen LogP contribution in [-0.4, -0.2) is 34.8 Å². The number of carbonyl (C=O) groups excluding carboxylic acids is 2. The molecule has 1 aliphatic rings. The van der Waals surface area contributed by atoms with Gasteiger partial charge in [0.05, 0.1) is 6.04 Å². The Bertz CT molecular complexity index is 1070. The van der Waals surface area contributed by atoms with Gasteiger partial charge in [0.25, 0.3) is 0 Å². The highest BCUT2D eigenvalue weighted by molar-refractivity contribution is 6.39. The van der Waals surface area contributed by atoms with Gasteiger partial charge in [-0.3, -0.25) is 19.5 Å². The lowest BCUT2D eigenvalue weighted by molar-refractivity contribution is -0.136. The molecule has 1 atom stereocenters. The molecule has 0 bridgehead atoms. The van der Waals surface area contributed by atoms with E-state index in [4.69, 9.17) is 0 Å². The minimum Gasteiger partial charge on any atom is -0.346 e. The summed E-state index contributed by atoms with van der Waals surface area (Å²) in [7, 11) is 0. The molecule has 6 heteroatoms. The summed E-state index contributed by atoms with van der Waals surface area (Å²) in [6, 6.07) is 19.6. The predicted octanol–water partition coefficient (Wildman–Crippen LogP) is 3.24. The van der Waals surface area contributed by atoms with Gasteiger partial charge in [-0.05, 0) is 53.8 Å². The topological polar surface area (TPSA) is 74.3 Å². The zero-order valence-corrected chi connectivity index (χ0v) is 17.5. The Morgan fingerprint density at radius 2 is 1.87 bits per heavy atom. The van der Waals surface area contributed by atoms with Crippen LogP contribution in [0.3, 0.4) is 0 Å². The fourth-order valence-electron chi connectivity index (χ4n) is 3.99. The highest BCUT2D eigenvalue weighted by Crippen LogP contribution is 2.27. The van der Waals surface area contributed by atoms with Crippen LogP contribution in [0, 0.1) is 6.92 Å². The van der Waals surface area contributed by atoms with Crippen molar-refractivity contribution in [3.63, 3.8) is 0 Å². The number of aromatic nitrogens is 1. The smallest absolute Gasteiger partial charge is 0.313 e. The molecule has 3 aromatic rings. The number of nitrogens with zero attached hydrogens (tertiary/aromatic N) is 2. The summed E-state index contributed by atoms with van der Waals surface area (Å²) in [5.74, 6) is -1.31. The van der Waals surface area contributed by atoms with Crippen LogP contribution in [0.4, 0.5) is 5.69 Å². The Kier molecular flexibility index (Phi) is 6.38. The summed E-state index contributed by atoms with van der Waals surface area (Å²) >= 11 is 0. The van der Waals surface area contributed by atoms with Crippen molar-refractivity contribution in [3.05, 3.63) is 95.3 Å². The van der Waals surface area contributed by atoms with Gasteiger partial charge in [0.2, 0.25) is 0 Å². The number of pyridine rings is 1. The van der Waals surface area contributed by atoms with E-state index in [0.29, 0.717) is 12.2 Å². The highest BCUT2D eigenvalue weighted by atomic mass is 16.2. The monoisotopic (exact) mass is 414 g/mol. The van der Waals surface area contributed by atoms with Crippen LogP contribution in [-0.2, 0) is 22.6 Å². The maximum Gasteiger partial charge on any atom is 0.313 e. The first kappa shape index (κ1) is 20.8. The second-order valence-corrected chi connectivity index (χ2v) is 7.82. The van der Waals surface area contributed by atoms with Gasteiger partial charge < -0.3 is 10.6 Å². The number of hydrogen-bond acceptors (Lipinski definition) is 4. The largest absolute Gasteiger partial charge is 0.346 e. The number of nitrogens with one attached hydrogen (secondary N) is 2. The van der Waals surface area contributed by atoms with Crippen molar-refractivity contribution in [2.24, 2.45) is 0 Å². The van der Waals surface area contributed by atoms with Crippen molar-refractivity contribution in [1.29, 1.82) is 0 Å². The predicted molar refractivity (Wildman–Crippen MR) is 120 cm³/mol. The van der Waals surface area contributed by atoms with Gasteiger partial charge in [-0.2, -0.15) is 0 Å². The van der Waals surface area contributed by atoms with Gasteiger partial charge in [0, 0.05) is 37.7 Å². The summed E-state index contributed by atoms with van der Waals surface area (Å²) in [5.41, 5.74) is 5.30. The maximum absolute atomic E-state index is 12.5. The van der Waals surface area contributed by atoms with E-state index in [1.54, 1.807) is 12.3 Å². The first-order valence-electron chi connectivity index (χ1n) is 10.5. The molecule has 2 amide bonds. The van der Waals surface area contributed by atoms with Crippen LogP contribution in [0.2, 0.25) is 0 Å². The van der Waals surface area contributed by atoms with Gasteiger partial charge in [0.15, 0.2) is 0 Å². The van der Waals surface area contributed by atoms with E-state index < -0.39 is 11.8 Å². The SMILES string of the molecule is Cc1cccc(NC(=O)C(=O)NC[C@@H](c2cccnc2)N2CCc3ccccc3C2)c1. The third kappa shape index (κ3) is 5.16. The van der Waals surface area contributed by atoms with E-state index in [9.17, 15) is 9.59 Å². The van der Waals surface area contributed by atoms with Crippen LogP contribution in [0.25, 0.3) is 0 Å². The van der Waals surface area contributed by atoms with E-state index in [1.807, 2.05) is 43.5 Å². The standard InChI is InChI=1S/C25H26N4O2/c1-18-6-4-10-22(14-18)28-25(31)24(30)27-16-23(20-9-5-12-26-15-20)29-13-11-19-7-2-3-8-21(19)17-29/h2-10,12,14-15,23H,11,13,16-17H2,1H3,(H,27,30)(H,28,31)/t23-/m0/s1. The summed E-state index contributed by atoms with van der Waals surface area (Å²) in [5, 5.41) is 5.48. The molecule has 0 saturated carbocycles. The van der Waals surface area contributed by atoms with Gasteiger partial charge in [0.1, 0.15) is 0 Å². The van der Waals surface area contributed by atoms with Crippen molar-refractivity contribution in [3.8, 4) is 0 Å². The molecule has 4 rings (SSSR count). The molecule has 31 heavy (non-hydrogen) atoms. The molecule has 0 spiro atoms. The van der Waals surface area contributed by atoms with Crippen LogP contribution in [0.5, 0.6) is 0 Å². The summed E-state index contributed by atoms with van der Waals surface area (Å²) in [6.07, 6.45) is 4.51. The molecule has 1 aliphatic heterocycles. The molecule has 2 N–H and O–H groups in total. The average Bonchev–Trinajstić information content (AvgIpc) is 2.79. The molecular weight excluding hydrogens is 388 g/mol. The van der Waals surface area contributed by atoms with E-state index in [1.165, 1.54) is 11.1 Å². The molecule has 2 heterocycles. The first-order valence-corrected chi connectivity index (χ1v) is 10.5. The molecule has 0 saturated heterocycles. The Morgan fingerprint density at radius 3 is 2.65 bits per heavy atom. The number of hydrogen-bond donors (Lipinski definition) is 2. The molecule has 6 nitrogen and oxygen atoms in total. The third-order valence-electron chi connectivity index (χ3n) is 5.61. The Balaban J connectivity index is 1.44. The second kappa shape index (κ2) is 9.53. The van der Waals surface area contributed by atoms with E-state index in [0.717, 1.165) is 30.6 Å². The zero-order chi connectivity index (χ0) is 21.6. The van der Waals surface area contributed by atoms with Crippen LogP contribution in [0.15, 0.2) is 73.1 Å². The zero-order valence-electron chi connectivity index (χ0n) is 17.5. The Hall–Kier alpha value is -3.51. The number of aryl methyl sites for hydroxylation is 1. The van der Waals surface area contributed by atoms with Crippen LogP contribution >= 0.6 is 0 Å². The molecule has 0 fully saturated rings. The minimum atomic E-state index is -0.667. The lowest BCUT2D eigenvalue weighted by Gasteiger charge is -2.35. The van der Waals surface area contributed by atoms with Crippen molar-refractivity contribution < 1.29 is 9.59 Å². The second-order valence-electron chi connectivity index (χ2n) is 7.82. The lowest BCUT2D eigenvalue weighted by Crippen LogP contribution is -2.43. The van der Waals surface area contributed by atoms with Crippen molar-refractivity contribution in [2.45, 2.75) is 25.9 Å².